The molecule has 0 unspecified atom stereocenters. The van der Waals surface area contributed by atoms with Crippen LogP contribution in [0, 0.1) is 6.92 Å². The summed E-state index contributed by atoms with van der Waals surface area (Å²) in [6.45, 7) is 7.95. The molecule has 0 radical (unpaired) electrons. The number of likely N-dealkylation sites (tertiary alicyclic amines) is 1. The van der Waals surface area contributed by atoms with Crippen molar-refractivity contribution in [2.75, 3.05) is 31.1 Å². The van der Waals surface area contributed by atoms with Crippen molar-refractivity contribution in [2.45, 2.75) is 58.5 Å². The van der Waals surface area contributed by atoms with E-state index >= 15 is 0 Å². The van der Waals surface area contributed by atoms with Crippen LogP contribution in [0.2, 0.25) is 0 Å². The van der Waals surface area contributed by atoms with Gasteiger partial charge in [-0.1, -0.05) is 30.3 Å². The van der Waals surface area contributed by atoms with Crippen LogP contribution < -0.4 is 4.90 Å². The molecule has 170 valence electrons. The van der Waals surface area contributed by atoms with Gasteiger partial charge in [-0.15, -0.1) is 0 Å². The second-order valence-corrected chi connectivity index (χ2v) is 8.94. The number of rotatable bonds is 7. The van der Waals surface area contributed by atoms with Crippen LogP contribution in [0.25, 0.3) is 0 Å². The SMILES string of the molecule is Cc1nc(C2CCN(C(=O)COC(C)C)CC2)nc2c1CC(=O)N2CCc1ccccc1. The number of aromatic nitrogens is 2. The van der Waals surface area contributed by atoms with E-state index in [0.717, 1.165) is 42.2 Å². The first-order valence-electron chi connectivity index (χ1n) is 11.5. The van der Waals surface area contributed by atoms with Crippen LogP contribution in [-0.4, -0.2) is 59.0 Å². The number of piperidine rings is 1. The number of hydrogen-bond donors (Lipinski definition) is 0. The zero-order chi connectivity index (χ0) is 22.7. The predicted molar refractivity (Wildman–Crippen MR) is 123 cm³/mol. The molecular weight excluding hydrogens is 404 g/mol. The van der Waals surface area contributed by atoms with Gasteiger partial charge in [0.2, 0.25) is 11.8 Å². The highest BCUT2D eigenvalue weighted by Gasteiger charge is 2.33. The molecule has 1 fully saturated rings. The number of aryl methyl sites for hydroxylation is 1. The highest BCUT2D eigenvalue weighted by molar-refractivity contribution is 6.00. The molecule has 0 saturated carbocycles. The smallest absolute Gasteiger partial charge is 0.248 e. The maximum atomic E-state index is 12.7. The van der Waals surface area contributed by atoms with Crippen LogP contribution in [0.1, 0.15) is 55.3 Å². The van der Waals surface area contributed by atoms with Gasteiger partial charge in [-0.3, -0.25) is 14.5 Å². The molecule has 2 aromatic rings. The Bertz CT molecular complexity index is 969. The molecule has 0 spiro atoms. The summed E-state index contributed by atoms with van der Waals surface area (Å²) >= 11 is 0. The molecule has 0 aliphatic carbocycles. The first kappa shape index (κ1) is 22.4. The summed E-state index contributed by atoms with van der Waals surface area (Å²) in [6.07, 6.45) is 2.86. The number of hydrogen-bond acceptors (Lipinski definition) is 5. The Kier molecular flexibility index (Phi) is 6.84. The number of anilines is 1. The molecule has 2 aliphatic rings. The van der Waals surface area contributed by atoms with Crippen LogP contribution in [0.15, 0.2) is 30.3 Å². The summed E-state index contributed by atoms with van der Waals surface area (Å²) in [6, 6.07) is 10.2. The van der Waals surface area contributed by atoms with Gasteiger partial charge < -0.3 is 9.64 Å². The fourth-order valence-electron chi connectivity index (χ4n) is 4.41. The van der Waals surface area contributed by atoms with Crippen molar-refractivity contribution >= 4 is 17.6 Å². The van der Waals surface area contributed by atoms with E-state index in [9.17, 15) is 9.59 Å². The van der Waals surface area contributed by atoms with Crippen molar-refractivity contribution in [1.29, 1.82) is 0 Å². The normalized spacial score (nSPS) is 16.7. The Morgan fingerprint density at radius 2 is 1.88 bits per heavy atom. The third-order valence-corrected chi connectivity index (χ3v) is 6.31. The Hall–Kier alpha value is -2.80. The maximum absolute atomic E-state index is 12.7. The maximum Gasteiger partial charge on any atom is 0.248 e. The van der Waals surface area contributed by atoms with E-state index in [2.05, 4.69) is 12.1 Å². The van der Waals surface area contributed by atoms with E-state index in [0.29, 0.717) is 26.1 Å². The summed E-state index contributed by atoms with van der Waals surface area (Å²) in [5, 5.41) is 0. The molecule has 0 N–H and O–H groups in total. The third kappa shape index (κ3) is 4.99. The van der Waals surface area contributed by atoms with Crippen LogP contribution in [0.3, 0.4) is 0 Å². The third-order valence-electron chi connectivity index (χ3n) is 6.31. The first-order chi connectivity index (χ1) is 15.4. The van der Waals surface area contributed by atoms with Crippen molar-refractivity contribution in [3.63, 3.8) is 0 Å². The zero-order valence-electron chi connectivity index (χ0n) is 19.2. The monoisotopic (exact) mass is 436 g/mol. The van der Waals surface area contributed by atoms with E-state index in [1.165, 1.54) is 5.56 Å². The fraction of sp³-hybridized carbons (Fsp3) is 0.520. The Morgan fingerprint density at radius 3 is 2.56 bits per heavy atom. The lowest BCUT2D eigenvalue weighted by Gasteiger charge is -2.32. The molecule has 2 amide bonds. The highest BCUT2D eigenvalue weighted by Crippen LogP contribution is 2.33. The average Bonchev–Trinajstić information content (AvgIpc) is 3.12. The first-order valence-corrected chi connectivity index (χ1v) is 11.5. The molecule has 1 saturated heterocycles. The Balaban J connectivity index is 1.43. The van der Waals surface area contributed by atoms with Gasteiger partial charge in [0.15, 0.2) is 0 Å². The minimum absolute atomic E-state index is 0.0425. The predicted octanol–water partition coefficient (Wildman–Crippen LogP) is 3.05. The summed E-state index contributed by atoms with van der Waals surface area (Å²) in [5.41, 5.74) is 3.05. The number of amides is 2. The topological polar surface area (TPSA) is 75.6 Å². The number of ether oxygens (including phenoxy) is 1. The van der Waals surface area contributed by atoms with Gasteiger partial charge >= 0.3 is 0 Å². The summed E-state index contributed by atoms with van der Waals surface area (Å²) in [5.74, 6) is 1.90. The number of carbonyl (C=O) groups is 2. The van der Waals surface area contributed by atoms with E-state index in [1.807, 2.05) is 48.8 Å². The number of fused-ring (bicyclic) bond motifs is 1. The minimum Gasteiger partial charge on any atom is -0.369 e. The molecular formula is C25H32N4O3. The lowest BCUT2D eigenvalue weighted by atomic mass is 9.95. The standard InChI is InChI=1S/C25H32N4O3/c1-17(2)32-16-23(31)28-12-10-20(11-13-28)24-26-18(3)21-15-22(30)29(25(21)27-24)14-9-19-7-5-4-6-8-19/h4-8,17,20H,9-16H2,1-3H3. The molecule has 4 rings (SSSR count). The number of benzene rings is 1. The van der Waals surface area contributed by atoms with Crippen LogP contribution in [0.5, 0.6) is 0 Å². The van der Waals surface area contributed by atoms with Gasteiger partial charge in [0.25, 0.3) is 0 Å². The van der Waals surface area contributed by atoms with Crippen LogP contribution in [-0.2, 0) is 27.2 Å². The van der Waals surface area contributed by atoms with Crippen molar-refractivity contribution in [2.24, 2.45) is 0 Å². The second-order valence-electron chi connectivity index (χ2n) is 8.94. The second kappa shape index (κ2) is 9.77. The number of nitrogens with zero attached hydrogens (tertiary/aromatic N) is 4. The van der Waals surface area contributed by atoms with E-state index in [4.69, 9.17) is 14.7 Å². The van der Waals surface area contributed by atoms with Crippen molar-refractivity contribution in [3.05, 3.63) is 53.0 Å². The van der Waals surface area contributed by atoms with Gasteiger partial charge in [-0.25, -0.2) is 9.97 Å². The van der Waals surface area contributed by atoms with Gasteiger partial charge in [-0.2, -0.15) is 0 Å². The Morgan fingerprint density at radius 1 is 1.16 bits per heavy atom. The zero-order valence-corrected chi connectivity index (χ0v) is 19.2. The van der Waals surface area contributed by atoms with Crippen molar-refractivity contribution in [1.82, 2.24) is 14.9 Å². The van der Waals surface area contributed by atoms with E-state index < -0.39 is 0 Å². The summed E-state index contributed by atoms with van der Waals surface area (Å²) < 4.78 is 5.46. The molecule has 1 aromatic carbocycles. The van der Waals surface area contributed by atoms with Gasteiger partial charge in [-0.05, 0) is 45.6 Å². The average molecular weight is 437 g/mol. The molecule has 1 aromatic heterocycles. The molecule has 7 heteroatoms. The lowest BCUT2D eigenvalue weighted by molar-refractivity contribution is -0.138. The van der Waals surface area contributed by atoms with Gasteiger partial charge in [0.05, 0.1) is 12.5 Å². The fourth-order valence-corrected chi connectivity index (χ4v) is 4.41. The lowest BCUT2D eigenvalue weighted by Crippen LogP contribution is -2.40. The largest absolute Gasteiger partial charge is 0.369 e. The van der Waals surface area contributed by atoms with E-state index in [1.54, 1.807) is 0 Å². The quantitative estimate of drug-likeness (QED) is 0.667. The minimum atomic E-state index is 0.0425. The molecule has 7 nitrogen and oxygen atoms in total. The van der Waals surface area contributed by atoms with Crippen LogP contribution in [0.4, 0.5) is 5.82 Å². The number of carbonyl (C=O) groups excluding carboxylic acids is 2. The highest BCUT2D eigenvalue weighted by atomic mass is 16.5. The molecule has 32 heavy (non-hydrogen) atoms. The molecule has 3 heterocycles. The van der Waals surface area contributed by atoms with E-state index in [-0.39, 0.29) is 30.4 Å². The van der Waals surface area contributed by atoms with Gasteiger partial charge in [0.1, 0.15) is 18.2 Å². The van der Waals surface area contributed by atoms with Crippen LogP contribution >= 0.6 is 0 Å². The van der Waals surface area contributed by atoms with Gasteiger partial charge in [0, 0.05) is 36.8 Å². The summed E-state index contributed by atoms with van der Waals surface area (Å²) in [4.78, 5) is 38.4. The molecule has 2 aliphatic heterocycles. The van der Waals surface area contributed by atoms with Crippen molar-refractivity contribution in [3.8, 4) is 0 Å². The molecule has 0 atom stereocenters. The molecule has 0 bridgehead atoms. The van der Waals surface area contributed by atoms with Crippen molar-refractivity contribution < 1.29 is 14.3 Å². The summed E-state index contributed by atoms with van der Waals surface area (Å²) in [7, 11) is 0. The Labute approximate surface area is 189 Å².